The molecular formula is C24H25FN6O2. The van der Waals surface area contributed by atoms with Crippen LogP contribution in [0.2, 0.25) is 0 Å². The van der Waals surface area contributed by atoms with Crippen LogP contribution in [0.15, 0.2) is 55.0 Å². The molecule has 3 heterocycles. The van der Waals surface area contributed by atoms with Gasteiger partial charge in [0.15, 0.2) is 5.82 Å². The van der Waals surface area contributed by atoms with Crippen molar-refractivity contribution in [1.29, 1.82) is 0 Å². The van der Waals surface area contributed by atoms with Gasteiger partial charge in [-0.15, -0.1) is 10.2 Å². The summed E-state index contributed by atoms with van der Waals surface area (Å²) in [7, 11) is 0. The van der Waals surface area contributed by atoms with Gasteiger partial charge in [-0.1, -0.05) is 12.1 Å². The Labute approximate surface area is 190 Å². The van der Waals surface area contributed by atoms with Gasteiger partial charge in [0.25, 0.3) is 0 Å². The number of halogens is 1. The van der Waals surface area contributed by atoms with E-state index >= 15 is 0 Å². The van der Waals surface area contributed by atoms with Crippen LogP contribution in [0.4, 0.5) is 10.2 Å². The minimum atomic E-state index is -0.314. The number of anilines is 1. The second-order valence-corrected chi connectivity index (χ2v) is 7.76. The molecule has 0 saturated heterocycles. The van der Waals surface area contributed by atoms with E-state index < -0.39 is 0 Å². The van der Waals surface area contributed by atoms with Crippen LogP contribution in [0, 0.1) is 19.7 Å². The zero-order valence-corrected chi connectivity index (χ0v) is 18.4. The van der Waals surface area contributed by atoms with E-state index in [4.69, 9.17) is 0 Å². The van der Waals surface area contributed by atoms with Crippen molar-refractivity contribution in [2.24, 2.45) is 0 Å². The van der Waals surface area contributed by atoms with E-state index in [9.17, 15) is 14.6 Å². The lowest BCUT2D eigenvalue weighted by Gasteiger charge is -2.20. The molecule has 3 N–H and O–H groups in total. The van der Waals surface area contributed by atoms with Gasteiger partial charge in [0.1, 0.15) is 11.5 Å². The standard InChI is InChI=1S/C24H25FN6O2/c1-15-11-21(20-7-8-23(22(13-33)27-20)31-12-16(2)26-14-31)29-30-24(15)28-19(9-10-32)17-3-5-18(25)6-4-17/h3-8,11-12,14,19,32-33H,9-10,13H2,1-2H3,(H,28,30)/t19-/m0/s1. The molecule has 0 aliphatic heterocycles. The number of rotatable bonds is 8. The van der Waals surface area contributed by atoms with Crippen LogP contribution in [-0.2, 0) is 6.61 Å². The molecule has 0 aliphatic carbocycles. The van der Waals surface area contributed by atoms with E-state index in [0.717, 1.165) is 22.5 Å². The van der Waals surface area contributed by atoms with Crippen LogP contribution < -0.4 is 5.32 Å². The van der Waals surface area contributed by atoms with Crippen molar-refractivity contribution in [3.63, 3.8) is 0 Å². The molecule has 0 spiro atoms. The molecule has 0 bridgehead atoms. The molecule has 1 atom stereocenters. The van der Waals surface area contributed by atoms with Gasteiger partial charge in [0.05, 0.1) is 41.7 Å². The number of aromatic nitrogens is 5. The first kappa shape index (κ1) is 22.5. The molecule has 8 nitrogen and oxygen atoms in total. The predicted octanol–water partition coefficient (Wildman–Crippen LogP) is 3.51. The van der Waals surface area contributed by atoms with E-state index in [0.29, 0.717) is 29.3 Å². The van der Waals surface area contributed by atoms with Crippen molar-refractivity contribution in [2.75, 3.05) is 11.9 Å². The maximum absolute atomic E-state index is 13.3. The lowest BCUT2D eigenvalue weighted by atomic mass is 10.0. The Morgan fingerprint density at radius 1 is 1.03 bits per heavy atom. The molecule has 3 aromatic heterocycles. The fourth-order valence-electron chi connectivity index (χ4n) is 3.61. The molecule has 4 rings (SSSR count). The summed E-state index contributed by atoms with van der Waals surface area (Å²) >= 11 is 0. The van der Waals surface area contributed by atoms with Gasteiger partial charge in [0.2, 0.25) is 0 Å². The summed E-state index contributed by atoms with van der Waals surface area (Å²) < 4.78 is 15.1. The molecule has 0 saturated carbocycles. The summed E-state index contributed by atoms with van der Waals surface area (Å²) in [6.07, 6.45) is 3.98. The van der Waals surface area contributed by atoms with Gasteiger partial charge in [-0.3, -0.25) is 0 Å². The number of hydrogen-bond acceptors (Lipinski definition) is 7. The average molecular weight is 449 g/mol. The molecule has 0 radical (unpaired) electrons. The summed E-state index contributed by atoms with van der Waals surface area (Å²) in [6.45, 7) is 3.53. The highest BCUT2D eigenvalue weighted by atomic mass is 19.1. The van der Waals surface area contributed by atoms with Gasteiger partial charge in [-0.05, 0) is 61.7 Å². The monoisotopic (exact) mass is 448 g/mol. The Balaban J connectivity index is 1.59. The highest BCUT2D eigenvalue weighted by Gasteiger charge is 2.16. The van der Waals surface area contributed by atoms with Crippen LogP contribution in [0.5, 0.6) is 0 Å². The number of pyridine rings is 1. The summed E-state index contributed by atoms with van der Waals surface area (Å²) in [5.74, 6) is 0.250. The van der Waals surface area contributed by atoms with Crippen molar-refractivity contribution in [3.05, 3.63) is 83.3 Å². The van der Waals surface area contributed by atoms with E-state index in [1.807, 2.05) is 42.8 Å². The van der Waals surface area contributed by atoms with Crippen molar-refractivity contribution >= 4 is 5.82 Å². The zero-order chi connectivity index (χ0) is 23.4. The average Bonchev–Trinajstić information content (AvgIpc) is 3.26. The normalized spacial score (nSPS) is 12.0. The van der Waals surface area contributed by atoms with Gasteiger partial charge in [0, 0.05) is 12.8 Å². The number of benzene rings is 1. The van der Waals surface area contributed by atoms with E-state index in [1.54, 1.807) is 18.5 Å². The number of nitrogens with zero attached hydrogens (tertiary/aromatic N) is 5. The minimum absolute atomic E-state index is 0.0315. The number of aliphatic hydroxyl groups excluding tert-OH is 2. The minimum Gasteiger partial charge on any atom is -0.396 e. The zero-order valence-electron chi connectivity index (χ0n) is 18.4. The molecule has 0 amide bonds. The quantitative estimate of drug-likeness (QED) is 0.378. The third-order valence-corrected chi connectivity index (χ3v) is 5.34. The van der Waals surface area contributed by atoms with Gasteiger partial charge in [-0.2, -0.15) is 0 Å². The van der Waals surface area contributed by atoms with Crippen molar-refractivity contribution in [2.45, 2.75) is 32.9 Å². The number of nitrogens with one attached hydrogen (secondary N) is 1. The number of hydrogen-bond donors (Lipinski definition) is 3. The van der Waals surface area contributed by atoms with Crippen LogP contribution in [0.25, 0.3) is 17.1 Å². The third-order valence-electron chi connectivity index (χ3n) is 5.34. The van der Waals surface area contributed by atoms with E-state index in [1.165, 1.54) is 12.1 Å². The Morgan fingerprint density at radius 2 is 1.82 bits per heavy atom. The van der Waals surface area contributed by atoms with Crippen LogP contribution >= 0.6 is 0 Å². The van der Waals surface area contributed by atoms with Crippen molar-refractivity contribution in [1.82, 2.24) is 24.7 Å². The largest absolute Gasteiger partial charge is 0.396 e. The second-order valence-electron chi connectivity index (χ2n) is 7.76. The highest BCUT2D eigenvalue weighted by molar-refractivity contribution is 5.60. The molecule has 1 aromatic carbocycles. The summed E-state index contributed by atoms with van der Waals surface area (Å²) in [5.41, 5.74) is 4.96. The second kappa shape index (κ2) is 9.85. The third kappa shape index (κ3) is 5.05. The first-order valence-electron chi connectivity index (χ1n) is 10.6. The molecule has 170 valence electrons. The van der Waals surface area contributed by atoms with Crippen LogP contribution in [-0.4, -0.2) is 41.6 Å². The van der Waals surface area contributed by atoms with Crippen LogP contribution in [0.3, 0.4) is 0 Å². The molecule has 0 unspecified atom stereocenters. The first-order valence-corrected chi connectivity index (χ1v) is 10.6. The lowest BCUT2D eigenvalue weighted by molar-refractivity contribution is 0.276. The number of imidazole rings is 1. The number of aliphatic hydroxyl groups is 2. The summed E-state index contributed by atoms with van der Waals surface area (Å²) in [5, 5.41) is 31.2. The Bertz CT molecular complexity index is 1240. The fraction of sp³-hybridized carbons (Fsp3) is 0.250. The van der Waals surface area contributed by atoms with Crippen LogP contribution in [0.1, 0.15) is 35.0 Å². The molecule has 0 aliphatic rings. The molecule has 4 aromatic rings. The first-order chi connectivity index (χ1) is 16.0. The summed E-state index contributed by atoms with van der Waals surface area (Å²) in [6, 6.07) is 11.5. The molecule has 0 fully saturated rings. The maximum atomic E-state index is 13.3. The summed E-state index contributed by atoms with van der Waals surface area (Å²) in [4.78, 5) is 8.80. The van der Waals surface area contributed by atoms with E-state index in [2.05, 4.69) is 25.5 Å². The predicted molar refractivity (Wildman–Crippen MR) is 122 cm³/mol. The molecule has 9 heteroatoms. The Kier molecular flexibility index (Phi) is 6.71. The molecular weight excluding hydrogens is 423 g/mol. The van der Waals surface area contributed by atoms with Gasteiger partial charge >= 0.3 is 0 Å². The van der Waals surface area contributed by atoms with Crippen molar-refractivity contribution < 1.29 is 14.6 Å². The van der Waals surface area contributed by atoms with E-state index in [-0.39, 0.29) is 25.1 Å². The Hall–Kier alpha value is -3.69. The SMILES string of the molecule is Cc1cn(-c2ccc(-c3cc(C)c(N[C@@H](CCO)c4ccc(F)cc4)nn3)nc2CO)cn1. The topological polar surface area (TPSA) is 109 Å². The van der Waals surface area contributed by atoms with Gasteiger partial charge in [-0.25, -0.2) is 14.4 Å². The highest BCUT2D eigenvalue weighted by Crippen LogP contribution is 2.26. The smallest absolute Gasteiger partial charge is 0.152 e. The lowest BCUT2D eigenvalue weighted by Crippen LogP contribution is -2.15. The fourth-order valence-corrected chi connectivity index (χ4v) is 3.61. The maximum Gasteiger partial charge on any atom is 0.152 e. The molecule has 33 heavy (non-hydrogen) atoms. The van der Waals surface area contributed by atoms with Crippen molar-refractivity contribution in [3.8, 4) is 17.1 Å². The number of aryl methyl sites for hydroxylation is 2. The van der Waals surface area contributed by atoms with Gasteiger partial charge < -0.3 is 20.1 Å². The Morgan fingerprint density at radius 3 is 2.45 bits per heavy atom.